The fourth-order valence-corrected chi connectivity index (χ4v) is 2.00. The summed E-state index contributed by atoms with van der Waals surface area (Å²) in [4.78, 5) is 10.9. The maximum Gasteiger partial charge on any atom is 0.310 e. The van der Waals surface area contributed by atoms with Crippen LogP contribution in [-0.2, 0) is 4.79 Å². The fourth-order valence-electron chi connectivity index (χ4n) is 2.00. The minimum Gasteiger partial charge on any atom is -0.481 e. The SMILES string of the molecule is CC(C)=C1CC[C@@H](C)[C@@H]1C(=O)O. The number of hydrogen-bond donors (Lipinski definition) is 1. The van der Waals surface area contributed by atoms with Crippen LogP contribution in [0.2, 0.25) is 0 Å². The number of carbonyl (C=O) groups is 1. The van der Waals surface area contributed by atoms with E-state index in [1.807, 2.05) is 20.8 Å². The Morgan fingerprint density at radius 1 is 1.50 bits per heavy atom. The number of aliphatic carboxylic acids is 1. The van der Waals surface area contributed by atoms with Gasteiger partial charge in [0.05, 0.1) is 5.92 Å². The van der Waals surface area contributed by atoms with Gasteiger partial charge in [-0.2, -0.15) is 0 Å². The molecule has 1 aliphatic carbocycles. The van der Waals surface area contributed by atoms with Crippen molar-refractivity contribution < 1.29 is 9.90 Å². The van der Waals surface area contributed by atoms with Crippen LogP contribution in [0.1, 0.15) is 33.6 Å². The predicted molar refractivity (Wildman–Crippen MR) is 47.9 cm³/mol. The highest BCUT2D eigenvalue weighted by atomic mass is 16.4. The first-order valence-electron chi connectivity index (χ1n) is 4.43. The van der Waals surface area contributed by atoms with E-state index in [-0.39, 0.29) is 5.92 Å². The molecule has 0 radical (unpaired) electrons. The van der Waals surface area contributed by atoms with Gasteiger partial charge in [-0.15, -0.1) is 0 Å². The lowest BCUT2D eigenvalue weighted by atomic mass is 9.93. The molecular weight excluding hydrogens is 152 g/mol. The van der Waals surface area contributed by atoms with Crippen LogP contribution in [0.15, 0.2) is 11.1 Å². The van der Waals surface area contributed by atoms with E-state index >= 15 is 0 Å². The summed E-state index contributed by atoms with van der Waals surface area (Å²) in [5, 5.41) is 8.97. The number of rotatable bonds is 1. The minimum absolute atomic E-state index is 0.213. The monoisotopic (exact) mass is 168 g/mol. The average molecular weight is 168 g/mol. The van der Waals surface area contributed by atoms with Gasteiger partial charge in [-0.1, -0.05) is 18.1 Å². The zero-order valence-electron chi connectivity index (χ0n) is 7.92. The number of carboxylic acids is 1. The van der Waals surface area contributed by atoms with Gasteiger partial charge in [0.1, 0.15) is 0 Å². The van der Waals surface area contributed by atoms with Gasteiger partial charge in [0.2, 0.25) is 0 Å². The van der Waals surface area contributed by atoms with Gasteiger partial charge in [0.15, 0.2) is 0 Å². The van der Waals surface area contributed by atoms with E-state index in [0.717, 1.165) is 18.4 Å². The summed E-state index contributed by atoms with van der Waals surface area (Å²) in [6, 6.07) is 0. The first-order chi connectivity index (χ1) is 5.54. The molecule has 1 saturated carbocycles. The van der Waals surface area contributed by atoms with Crippen LogP contribution in [0.5, 0.6) is 0 Å². The molecular formula is C10H16O2. The summed E-state index contributed by atoms with van der Waals surface area (Å²) in [5.41, 5.74) is 2.33. The van der Waals surface area contributed by atoms with Crippen LogP contribution in [0.25, 0.3) is 0 Å². The Kier molecular flexibility index (Phi) is 2.55. The summed E-state index contributed by atoms with van der Waals surface area (Å²) in [6.07, 6.45) is 2.00. The summed E-state index contributed by atoms with van der Waals surface area (Å²) >= 11 is 0. The number of carboxylic acid groups (broad SMARTS) is 1. The third-order valence-corrected chi connectivity index (χ3v) is 2.72. The van der Waals surface area contributed by atoms with Gasteiger partial charge in [-0.25, -0.2) is 0 Å². The van der Waals surface area contributed by atoms with Crippen LogP contribution in [0.3, 0.4) is 0 Å². The molecule has 0 aliphatic heterocycles. The summed E-state index contributed by atoms with van der Waals surface area (Å²) < 4.78 is 0. The van der Waals surface area contributed by atoms with Crippen LogP contribution in [0, 0.1) is 11.8 Å². The molecule has 0 saturated heterocycles. The summed E-state index contributed by atoms with van der Waals surface area (Å²) in [5.74, 6) is -0.557. The first-order valence-corrected chi connectivity index (χ1v) is 4.43. The molecule has 0 aromatic rings. The largest absolute Gasteiger partial charge is 0.481 e. The lowest BCUT2D eigenvalue weighted by Gasteiger charge is -2.12. The molecule has 0 unspecified atom stereocenters. The third-order valence-electron chi connectivity index (χ3n) is 2.72. The van der Waals surface area contributed by atoms with E-state index in [1.54, 1.807) is 0 Å². The molecule has 1 fully saturated rings. The van der Waals surface area contributed by atoms with Crippen LogP contribution in [-0.4, -0.2) is 11.1 Å². The Balaban J connectivity index is 2.93. The first kappa shape index (κ1) is 9.30. The summed E-state index contributed by atoms with van der Waals surface area (Å²) in [6.45, 7) is 6.03. The molecule has 68 valence electrons. The zero-order valence-corrected chi connectivity index (χ0v) is 7.92. The standard InChI is InChI=1S/C10H16O2/c1-6(2)8-5-4-7(3)9(8)10(11)12/h7,9H,4-5H2,1-3H3,(H,11,12)/t7-,9+/m1/s1. The third kappa shape index (κ3) is 1.52. The van der Waals surface area contributed by atoms with Crippen molar-refractivity contribution in [2.75, 3.05) is 0 Å². The van der Waals surface area contributed by atoms with E-state index < -0.39 is 5.97 Å². The molecule has 2 nitrogen and oxygen atoms in total. The molecule has 1 aliphatic rings. The van der Waals surface area contributed by atoms with Gasteiger partial charge in [0.25, 0.3) is 0 Å². The minimum atomic E-state index is -0.656. The van der Waals surface area contributed by atoms with Crippen molar-refractivity contribution in [3.63, 3.8) is 0 Å². The fraction of sp³-hybridized carbons (Fsp3) is 0.700. The quantitative estimate of drug-likeness (QED) is 0.610. The molecule has 1 N–H and O–H groups in total. The van der Waals surface area contributed by atoms with Crippen molar-refractivity contribution in [1.29, 1.82) is 0 Å². The summed E-state index contributed by atoms with van der Waals surface area (Å²) in [7, 11) is 0. The molecule has 0 aromatic heterocycles. The van der Waals surface area contributed by atoms with E-state index in [4.69, 9.17) is 5.11 Å². The molecule has 0 aromatic carbocycles. The van der Waals surface area contributed by atoms with Crippen LogP contribution < -0.4 is 0 Å². The topological polar surface area (TPSA) is 37.3 Å². The van der Waals surface area contributed by atoms with Gasteiger partial charge < -0.3 is 5.11 Å². The molecule has 0 amide bonds. The molecule has 0 bridgehead atoms. The molecule has 2 atom stereocenters. The smallest absolute Gasteiger partial charge is 0.310 e. The predicted octanol–water partition coefficient (Wildman–Crippen LogP) is 2.45. The number of hydrogen-bond acceptors (Lipinski definition) is 1. The van der Waals surface area contributed by atoms with Gasteiger partial charge >= 0.3 is 5.97 Å². The highest BCUT2D eigenvalue weighted by molar-refractivity contribution is 5.75. The van der Waals surface area contributed by atoms with Crippen molar-refractivity contribution in [3.05, 3.63) is 11.1 Å². The lowest BCUT2D eigenvalue weighted by molar-refractivity contribution is -0.141. The molecule has 1 rings (SSSR count). The van der Waals surface area contributed by atoms with Crippen molar-refractivity contribution in [2.24, 2.45) is 11.8 Å². The van der Waals surface area contributed by atoms with Crippen LogP contribution >= 0.6 is 0 Å². The second-order valence-electron chi connectivity index (χ2n) is 3.86. The zero-order chi connectivity index (χ0) is 9.30. The number of allylic oxidation sites excluding steroid dienone is 1. The van der Waals surface area contributed by atoms with E-state index in [2.05, 4.69) is 0 Å². The Labute approximate surface area is 73.3 Å². The molecule has 2 heteroatoms. The highest BCUT2D eigenvalue weighted by Gasteiger charge is 2.34. The lowest BCUT2D eigenvalue weighted by Crippen LogP contribution is -2.18. The van der Waals surface area contributed by atoms with E-state index in [0.29, 0.717) is 5.92 Å². The second-order valence-corrected chi connectivity index (χ2v) is 3.86. The van der Waals surface area contributed by atoms with Crippen molar-refractivity contribution >= 4 is 5.97 Å². The van der Waals surface area contributed by atoms with Gasteiger partial charge in [-0.3, -0.25) is 4.79 Å². The Morgan fingerprint density at radius 2 is 2.08 bits per heavy atom. The maximum absolute atomic E-state index is 10.9. The Morgan fingerprint density at radius 3 is 2.42 bits per heavy atom. The maximum atomic E-state index is 10.9. The molecule has 12 heavy (non-hydrogen) atoms. The normalized spacial score (nSPS) is 29.1. The second kappa shape index (κ2) is 3.30. The van der Waals surface area contributed by atoms with E-state index in [9.17, 15) is 4.79 Å². The Hall–Kier alpha value is -0.790. The van der Waals surface area contributed by atoms with Crippen LogP contribution in [0.4, 0.5) is 0 Å². The Bertz CT molecular complexity index is 224. The average Bonchev–Trinajstić information content (AvgIpc) is 2.30. The molecule has 0 heterocycles. The van der Waals surface area contributed by atoms with Crippen molar-refractivity contribution in [2.45, 2.75) is 33.6 Å². The van der Waals surface area contributed by atoms with E-state index in [1.165, 1.54) is 5.57 Å². The highest BCUT2D eigenvalue weighted by Crippen LogP contribution is 2.38. The van der Waals surface area contributed by atoms with Crippen molar-refractivity contribution in [1.82, 2.24) is 0 Å². The molecule has 0 spiro atoms. The van der Waals surface area contributed by atoms with Crippen molar-refractivity contribution in [3.8, 4) is 0 Å². The van der Waals surface area contributed by atoms with Gasteiger partial charge in [-0.05, 0) is 32.6 Å². The van der Waals surface area contributed by atoms with Gasteiger partial charge in [0, 0.05) is 0 Å².